The van der Waals surface area contributed by atoms with Crippen molar-refractivity contribution < 1.29 is 9.59 Å². The molecule has 2 amide bonds. The van der Waals surface area contributed by atoms with Crippen LogP contribution in [-0.4, -0.2) is 47.0 Å². The first-order valence-electron chi connectivity index (χ1n) is 9.23. The molecule has 7 heteroatoms. The minimum Gasteiger partial charge on any atom is -0.351 e. The number of nitrogens with zero attached hydrogens (tertiary/aromatic N) is 3. The summed E-state index contributed by atoms with van der Waals surface area (Å²) in [5, 5.41) is 5.80. The zero-order valence-electron chi connectivity index (χ0n) is 15.7. The molecule has 142 valence electrons. The van der Waals surface area contributed by atoms with Gasteiger partial charge in [-0.3, -0.25) is 9.59 Å². The smallest absolute Gasteiger partial charge is 0.251 e. The van der Waals surface area contributed by atoms with Gasteiger partial charge in [0.2, 0.25) is 11.9 Å². The Labute approximate surface area is 159 Å². The summed E-state index contributed by atoms with van der Waals surface area (Å²) in [4.78, 5) is 35.4. The number of aromatic nitrogens is 2. The number of carbonyl (C=O) groups excluding carboxylic acids is 2. The highest BCUT2D eigenvalue weighted by Crippen LogP contribution is 2.15. The lowest BCUT2D eigenvalue weighted by Gasteiger charge is -2.32. The second-order valence-electron chi connectivity index (χ2n) is 6.88. The molecule has 27 heavy (non-hydrogen) atoms. The average Bonchev–Trinajstić information content (AvgIpc) is 2.69. The number of anilines is 1. The van der Waals surface area contributed by atoms with Crippen molar-refractivity contribution in [3.63, 3.8) is 0 Å². The summed E-state index contributed by atoms with van der Waals surface area (Å²) in [5.74, 6) is 0.323. The first-order chi connectivity index (χ1) is 13.0. The van der Waals surface area contributed by atoms with Crippen molar-refractivity contribution in [2.24, 2.45) is 0 Å². The van der Waals surface area contributed by atoms with E-state index in [4.69, 9.17) is 0 Å². The number of piperidine rings is 1. The highest BCUT2D eigenvalue weighted by atomic mass is 16.2. The van der Waals surface area contributed by atoms with Gasteiger partial charge in [-0.2, -0.15) is 0 Å². The molecule has 0 saturated carbocycles. The molecule has 2 N–H and O–H groups in total. The van der Waals surface area contributed by atoms with E-state index in [1.54, 1.807) is 37.5 Å². The van der Waals surface area contributed by atoms with Crippen LogP contribution in [0.4, 0.5) is 5.95 Å². The van der Waals surface area contributed by atoms with Gasteiger partial charge in [0.15, 0.2) is 0 Å². The van der Waals surface area contributed by atoms with Gasteiger partial charge in [0.05, 0.1) is 0 Å². The van der Waals surface area contributed by atoms with Crippen molar-refractivity contribution in [2.75, 3.05) is 18.0 Å². The third kappa shape index (κ3) is 5.03. The lowest BCUT2D eigenvalue weighted by atomic mass is 10.0. The van der Waals surface area contributed by atoms with Crippen LogP contribution in [0.3, 0.4) is 0 Å². The largest absolute Gasteiger partial charge is 0.351 e. The standard InChI is InChI=1S/C20H25N5O2/c1-14-5-3-6-16(13-14)19(27)23-15(2)18(26)24-17-7-11-25(12-8-17)20-21-9-4-10-22-20/h3-6,9-10,13,15,17H,7-8,11-12H2,1-2H3,(H,23,27)(H,24,26). The number of carbonyl (C=O) groups is 2. The van der Waals surface area contributed by atoms with E-state index in [0.717, 1.165) is 37.4 Å². The fourth-order valence-corrected chi connectivity index (χ4v) is 3.14. The summed E-state index contributed by atoms with van der Waals surface area (Å²) >= 11 is 0. The Kier molecular flexibility index (Phi) is 6.01. The van der Waals surface area contributed by atoms with Gasteiger partial charge < -0.3 is 15.5 Å². The second-order valence-corrected chi connectivity index (χ2v) is 6.88. The highest BCUT2D eigenvalue weighted by Gasteiger charge is 2.24. The Balaban J connectivity index is 1.47. The van der Waals surface area contributed by atoms with Crippen LogP contribution >= 0.6 is 0 Å². The molecule has 1 atom stereocenters. The Bertz CT molecular complexity index is 788. The van der Waals surface area contributed by atoms with Crippen molar-refractivity contribution in [1.82, 2.24) is 20.6 Å². The van der Waals surface area contributed by atoms with Crippen molar-refractivity contribution in [3.8, 4) is 0 Å². The summed E-state index contributed by atoms with van der Waals surface area (Å²) in [6, 6.07) is 8.61. The van der Waals surface area contributed by atoms with Gasteiger partial charge in [-0.05, 0) is 44.9 Å². The fourth-order valence-electron chi connectivity index (χ4n) is 3.14. The lowest BCUT2D eigenvalue weighted by Crippen LogP contribution is -2.51. The number of hydrogen-bond acceptors (Lipinski definition) is 5. The summed E-state index contributed by atoms with van der Waals surface area (Å²) in [5.41, 5.74) is 1.57. The topological polar surface area (TPSA) is 87.2 Å². The Morgan fingerprint density at radius 3 is 2.52 bits per heavy atom. The molecule has 0 aliphatic carbocycles. The molecule has 1 unspecified atom stereocenters. The SMILES string of the molecule is Cc1cccc(C(=O)NC(C)C(=O)NC2CCN(c3ncccn3)CC2)c1. The van der Waals surface area contributed by atoms with E-state index < -0.39 is 6.04 Å². The quantitative estimate of drug-likeness (QED) is 0.840. The van der Waals surface area contributed by atoms with Gasteiger partial charge in [0.1, 0.15) is 6.04 Å². The van der Waals surface area contributed by atoms with E-state index in [-0.39, 0.29) is 17.9 Å². The Morgan fingerprint density at radius 1 is 1.15 bits per heavy atom. The molecular weight excluding hydrogens is 342 g/mol. The van der Waals surface area contributed by atoms with Gasteiger partial charge in [-0.1, -0.05) is 17.7 Å². The molecule has 7 nitrogen and oxygen atoms in total. The van der Waals surface area contributed by atoms with Crippen LogP contribution in [-0.2, 0) is 4.79 Å². The molecule has 1 saturated heterocycles. The molecule has 2 heterocycles. The zero-order valence-corrected chi connectivity index (χ0v) is 15.7. The van der Waals surface area contributed by atoms with Crippen LogP contribution in [0.5, 0.6) is 0 Å². The van der Waals surface area contributed by atoms with Crippen molar-refractivity contribution in [2.45, 2.75) is 38.8 Å². The normalized spacial score (nSPS) is 15.9. The molecule has 1 aliphatic rings. The fraction of sp³-hybridized carbons (Fsp3) is 0.400. The number of nitrogens with one attached hydrogen (secondary N) is 2. The predicted octanol–water partition coefficient (Wildman–Crippen LogP) is 1.69. The van der Waals surface area contributed by atoms with Crippen LogP contribution in [0.2, 0.25) is 0 Å². The maximum atomic E-state index is 12.4. The predicted molar refractivity (Wildman–Crippen MR) is 104 cm³/mol. The van der Waals surface area contributed by atoms with E-state index in [1.807, 2.05) is 19.1 Å². The summed E-state index contributed by atoms with van der Waals surface area (Å²) < 4.78 is 0. The van der Waals surface area contributed by atoms with E-state index in [0.29, 0.717) is 5.56 Å². The van der Waals surface area contributed by atoms with Crippen LogP contribution in [0.1, 0.15) is 35.7 Å². The van der Waals surface area contributed by atoms with Crippen LogP contribution in [0.15, 0.2) is 42.7 Å². The summed E-state index contributed by atoms with van der Waals surface area (Å²) in [6.07, 6.45) is 5.11. The minimum absolute atomic E-state index is 0.0933. The maximum absolute atomic E-state index is 12.4. The molecule has 1 aliphatic heterocycles. The Morgan fingerprint density at radius 2 is 1.85 bits per heavy atom. The number of aryl methyl sites for hydroxylation is 1. The van der Waals surface area contributed by atoms with Crippen LogP contribution in [0.25, 0.3) is 0 Å². The van der Waals surface area contributed by atoms with Gasteiger partial charge in [-0.25, -0.2) is 9.97 Å². The average molecular weight is 367 g/mol. The molecule has 2 aromatic rings. The second kappa shape index (κ2) is 8.62. The monoisotopic (exact) mass is 367 g/mol. The Hall–Kier alpha value is -2.96. The minimum atomic E-state index is -0.589. The highest BCUT2D eigenvalue weighted by molar-refractivity contribution is 5.97. The third-order valence-electron chi connectivity index (χ3n) is 4.70. The van der Waals surface area contributed by atoms with Gasteiger partial charge in [-0.15, -0.1) is 0 Å². The molecule has 1 aromatic carbocycles. The maximum Gasteiger partial charge on any atom is 0.251 e. The zero-order chi connectivity index (χ0) is 19.2. The van der Waals surface area contributed by atoms with Gasteiger partial charge in [0, 0.05) is 37.1 Å². The molecule has 0 radical (unpaired) electrons. The van der Waals surface area contributed by atoms with Crippen molar-refractivity contribution in [1.29, 1.82) is 0 Å². The molecule has 0 spiro atoms. The number of hydrogen-bond donors (Lipinski definition) is 2. The van der Waals surface area contributed by atoms with Crippen molar-refractivity contribution in [3.05, 3.63) is 53.9 Å². The molecule has 1 aromatic heterocycles. The molecule has 3 rings (SSSR count). The van der Waals surface area contributed by atoms with Crippen LogP contribution in [0, 0.1) is 6.92 Å². The first-order valence-corrected chi connectivity index (χ1v) is 9.23. The van der Waals surface area contributed by atoms with Gasteiger partial charge >= 0.3 is 0 Å². The van der Waals surface area contributed by atoms with Crippen molar-refractivity contribution >= 4 is 17.8 Å². The van der Waals surface area contributed by atoms with Gasteiger partial charge in [0.25, 0.3) is 5.91 Å². The third-order valence-corrected chi connectivity index (χ3v) is 4.70. The molecule has 1 fully saturated rings. The van der Waals surface area contributed by atoms with E-state index in [2.05, 4.69) is 25.5 Å². The molecule has 0 bridgehead atoms. The number of amides is 2. The summed E-state index contributed by atoms with van der Waals surface area (Å²) in [7, 11) is 0. The number of rotatable bonds is 5. The molecular formula is C20H25N5O2. The van der Waals surface area contributed by atoms with E-state index in [9.17, 15) is 9.59 Å². The number of benzene rings is 1. The first kappa shape index (κ1) is 18.8. The lowest BCUT2D eigenvalue weighted by molar-refractivity contribution is -0.123. The van der Waals surface area contributed by atoms with E-state index in [1.165, 1.54) is 0 Å². The van der Waals surface area contributed by atoms with Crippen LogP contribution < -0.4 is 15.5 Å². The summed E-state index contributed by atoms with van der Waals surface area (Å²) in [6.45, 7) is 5.22. The van der Waals surface area contributed by atoms with E-state index >= 15 is 0 Å².